The number of hydrogen-bond acceptors (Lipinski definition) is 4. The first-order chi connectivity index (χ1) is 14.7. The van der Waals surface area contributed by atoms with E-state index in [1.165, 1.54) is 6.92 Å². The number of benzene rings is 2. The summed E-state index contributed by atoms with van der Waals surface area (Å²) < 4.78 is 7.82. The predicted octanol–water partition coefficient (Wildman–Crippen LogP) is 3.70. The second-order valence-corrected chi connectivity index (χ2v) is 8.06. The van der Waals surface area contributed by atoms with E-state index in [0.29, 0.717) is 24.6 Å². The molecular formula is C24H30N4O3. The summed E-state index contributed by atoms with van der Waals surface area (Å²) in [4.78, 5) is 28.2. The Morgan fingerprint density at radius 1 is 1.16 bits per heavy atom. The first-order valence-electron chi connectivity index (χ1n) is 10.5. The highest BCUT2D eigenvalue weighted by Crippen LogP contribution is 2.27. The molecule has 0 saturated carbocycles. The van der Waals surface area contributed by atoms with Crippen molar-refractivity contribution in [1.29, 1.82) is 0 Å². The molecule has 1 heterocycles. The highest BCUT2D eigenvalue weighted by Gasteiger charge is 2.12. The average molecular weight is 423 g/mol. The molecule has 7 heteroatoms. The van der Waals surface area contributed by atoms with E-state index in [1.807, 2.05) is 48.9 Å². The summed E-state index contributed by atoms with van der Waals surface area (Å²) in [6, 6.07) is 11.7. The summed E-state index contributed by atoms with van der Waals surface area (Å²) in [5.41, 5.74) is 4.60. The van der Waals surface area contributed by atoms with E-state index in [1.54, 1.807) is 0 Å². The van der Waals surface area contributed by atoms with Crippen molar-refractivity contribution >= 4 is 28.5 Å². The van der Waals surface area contributed by atoms with Crippen molar-refractivity contribution in [3.63, 3.8) is 0 Å². The van der Waals surface area contributed by atoms with Crippen LogP contribution in [-0.2, 0) is 23.1 Å². The van der Waals surface area contributed by atoms with Gasteiger partial charge in [0, 0.05) is 32.6 Å². The number of carbonyl (C=O) groups excluding carboxylic acids is 2. The van der Waals surface area contributed by atoms with Gasteiger partial charge in [0.2, 0.25) is 5.91 Å². The van der Waals surface area contributed by atoms with Crippen LogP contribution in [0.4, 0.5) is 5.69 Å². The summed E-state index contributed by atoms with van der Waals surface area (Å²) in [6.45, 7) is 8.17. The van der Waals surface area contributed by atoms with Crippen LogP contribution in [0.3, 0.4) is 0 Å². The Morgan fingerprint density at radius 3 is 2.65 bits per heavy atom. The van der Waals surface area contributed by atoms with Gasteiger partial charge in [-0.1, -0.05) is 26.0 Å². The first-order valence-corrected chi connectivity index (χ1v) is 10.5. The van der Waals surface area contributed by atoms with Crippen LogP contribution in [0.5, 0.6) is 5.75 Å². The summed E-state index contributed by atoms with van der Waals surface area (Å²) in [5.74, 6) is 1.64. The standard InChI is InChI=1S/C24H30N4O3/c1-15(2)19-8-6-16(3)12-22(19)31-14-24(30)26-18-7-9-21-20(13-18)27-23(28(21)5)10-11-25-17(4)29/h6-9,12-13,15H,10-11,14H2,1-5H3,(H,25,29)(H,26,30). The molecule has 2 amide bonds. The highest BCUT2D eigenvalue weighted by atomic mass is 16.5. The minimum atomic E-state index is -0.225. The van der Waals surface area contributed by atoms with Gasteiger partial charge in [-0.15, -0.1) is 0 Å². The molecule has 0 unspecified atom stereocenters. The van der Waals surface area contributed by atoms with Gasteiger partial charge in [0.25, 0.3) is 5.91 Å². The number of hydrogen-bond donors (Lipinski definition) is 2. The van der Waals surface area contributed by atoms with Crippen LogP contribution < -0.4 is 15.4 Å². The quantitative estimate of drug-likeness (QED) is 0.580. The molecule has 0 aliphatic carbocycles. The third kappa shape index (κ3) is 5.63. The molecule has 1 aromatic heterocycles. The lowest BCUT2D eigenvalue weighted by Crippen LogP contribution is -2.23. The number of aromatic nitrogens is 2. The zero-order chi connectivity index (χ0) is 22.5. The Bertz CT molecular complexity index is 1100. The molecule has 0 atom stereocenters. The van der Waals surface area contributed by atoms with E-state index in [9.17, 15) is 9.59 Å². The Labute approximate surface area is 182 Å². The SMILES string of the molecule is CC(=O)NCCc1nc2cc(NC(=O)COc3cc(C)ccc3C(C)C)ccc2n1C. The molecule has 164 valence electrons. The summed E-state index contributed by atoms with van der Waals surface area (Å²) in [7, 11) is 1.94. The van der Waals surface area contributed by atoms with Crippen molar-refractivity contribution in [2.24, 2.45) is 7.05 Å². The third-order valence-electron chi connectivity index (χ3n) is 5.13. The van der Waals surface area contributed by atoms with Gasteiger partial charge in [0.1, 0.15) is 11.6 Å². The number of anilines is 1. The average Bonchev–Trinajstić information content (AvgIpc) is 3.01. The molecule has 0 radical (unpaired) electrons. The van der Waals surface area contributed by atoms with Crippen molar-refractivity contribution in [3.8, 4) is 5.75 Å². The van der Waals surface area contributed by atoms with Crippen molar-refractivity contribution in [1.82, 2.24) is 14.9 Å². The summed E-state index contributed by atoms with van der Waals surface area (Å²) in [6.07, 6.45) is 0.634. The highest BCUT2D eigenvalue weighted by molar-refractivity contribution is 5.94. The Hall–Kier alpha value is -3.35. The lowest BCUT2D eigenvalue weighted by molar-refractivity contribution is -0.119. The van der Waals surface area contributed by atoms with E-state index < -0.39 is 0 Å². The molecule has 0 spiro atoms. The molecule has 3 rings (SSSR count). The van der Waals surface area contributed by atoms with Gasteiger partial charge in [-0.05, 0) is 48.2 Å². The molecule has 0 saturated heterocycles. The monoisotopic (exact) mass is 422 g/mol. The maximum Gasteiger partial charge on any atom is 0.262 e. The molecule has 2 N–H and O–H groups in total. The number of ether oxygens (including phenoxy) is 1. The van der Waals surface area contributed by atoms with Crippen LogP contribution in [0.2, 0.25) is 0 Å². The van der Waals surface area contributed by atoms with E-state index in [0.717, 1.165) is 33.7 Å². The molecule has 0 aliphatic heterocycles. The van der Waals surface area contributed by atoms with Crippen LogP contribution in [0, 0.1) is 6.92 Å². The number of nitrogens with zero attached hydrogens (tertiary/aromatic N) is 2. The molecule has 3 aromatic rings. The number of amides is 2. The van der Waals surface area contributed by atoms with Gasteiger partial charge < -0.3 is 19.9 Å². The lowest BCUT2D eigenvalue weighted by atomic mass is 10.0. The van der Waals surface area contributed by atoms with Gasteiger partial charge in [-0.2, -0.15) is 0 Å². The number of aryl methyl sites for hydroxylation is 2. The van der Waals surface area contributed by atoms with E-state index in [-0.39, 0.29) is 18.4 Å². The third-order valence-corrected chi connectivity index (χ3v) is 5.13. The van der Waals surface area contributed by atoms with Gasteiger partial charge in [0.15, 0.2) is 6.61 Å². The van der Waals surface area contributed by atoms with Crippen LogP contribution in [0.1, 0.15) is 43.6 Å². The second kappa shape index (κ2) is 9.64. The Balaban J connectivity index is 1.66. The van der Waals surface area contributed by atoms with E-state index >= 15 is 0 Å². The minimum absolute atomic E-state index is 0.0582. The van der Waals surface area contributed by atoms with E-state index in [4.69, 9.17) is 4.74 Å². The topological polar surface area (TPSA) is 85.2 Å². The van der Waals surface area contributed by atoms with Gasteiger partial charge in [-0.3, -0.25) is 9.59 Å². The first kappa shape index (κ1) is 22.3. The molecule has 31 heavy (non-hydrogen) atoms. The van der Waals surface area contributed by atoms with E-state index in [2.05, 4.69) is 35.5 Å². The predicted molar refractivity (Wildman–Crippen MR) is 122 cm³/mol. The van der Waals surface area contributed by atoms with Crippen LogP contribution >= 0.6 is 0 Å². The Morgan fingerprint density at radius 2 is 1.94 bits per heavy atom. The minimum Gasteiger partial charge on any atom is -0.483 e. The zero-order valence-electron chi connectivity index (χ0n) is 18.8. The summed E-state index contributed by atoms with van der Waals surface area (Å²) in [5, 5.41) is 5.67. The smallest absolute Gasteiger partial charge is 0.262 e. The molecule has 0 aliphatic rings. The number of fused-ring (bicyclic) bond motifs is 1. The molecule has 7 nitrogen and oxygen atoms in total. The van der Waals surface area contributed by atoms with Crippen molar-refractivity contribution < 1.29 is 14.3 Å². The van der Waals surface area contributed by atoms with Crippen molar-refractivity contribution in [2.75, 3.05) is 18.5 Å². The number of rotatable bonds is 8. The Kier molecular flexibility index (Phi) is 6.95. The fourth-order valence-electron chi connectivity index (χ4n) is 3.49. The normalized spacial score (nSPS) is 11.0. The summed E-state index contributed by atoms with van der Waals surface area (Å²) >= 11 is 0. The van der Waals surface area contributed by atoms with Crippen LogP contribution in [-0.4, -0.2) is 34.5 Å². The lowest BCUT2D eigenvalue weighted by Gasteiger charge is -2.15. The fourth-order valence-corrected chi connectivity index (χ4v) is 3.49. The van der Waals surface area contributed by atoms with Gasteiger partial charge in [-0.25, -0.2) is 4.98 Å². The van der Waals surface area contributed by atoms with Crippen LogP contribution in [0.25, 0.3) is 11.0 Å². The van der Waals surface area contributed by atoms with Crippen molar-refractivity contribution in [3.05, 3.63) is 53.3 Å². The second-order valence-electron chi connectivity index (χ2n) is 8.06. The molecule has 2 aromatic carbocycles. The molecule has 0 fully saturated rings. The number of carbonyl (C=O) groups is 2. The van der Waals surface area contributed by atoms with Crippen molar-refractivity contribution in [2.45, 2.75) is 40.0 Å². The van der Waals surface area contributed by atoms with Crippen LogP contribution in [0.15, 0.2) is 36.4 Å². The van der Waals surface area contributed by atoms with Gasteiger partial charge >= 0.3 is 0 Å². The maximum absolute atomic E-state index is 12.5. The maximum atomic E-state index is 12.5. The zero-order valence-corrected chi connectivity index (χ0v) is 18.8. The molecule has 0 bridgehead atoms. The molecular weight excluding hydrogens is 392 g/mol. The number of imidazole rings is 1. The fraction of sp³-hybridized carbons (Fsp3) is 0.375. The largest absolute Gasteiger partial charge is 0.483 e. The number of nitrogens with one attached hydrogen (secondary N) is 2. The van der Waals surface area contributed by atoms with Gasteiger partial charge in [0.05, 0.1) is 11.0 Å².